The van der Waals surface area contributed by atoms with Gasteiger partial charge in [0.15, 0.2) is 0 Å². The maximum atomic E-state index is 13.5. The number of hydrogen-bond acceptors (Lipinski definition) is 5. The van der Waals surface area contributed by atoms with Gasteiger partial charge in [-0.05, 0) is 79.9 Å². The molecule has 3 aromatic carbocycles. The zero-order valence-corrected chi connectivity index (χ0v) is 23.4. The van der Waals surface area contributed by atoms with Crippen LogP contribution in [0.15, 0.2) is 71.6 Å². The molecule has 5 nitrogen and oxygen atoms in total. The van der Waals surface area contributed by atoms with Crippen molar-refractivity contribution in [1.82, 2.24) is 4.90 Å². The molecule has 0 radical (unpaired) electrons. The summed E-state index contributed by atoms with van der Waals surface area (Å²) >= 11 is 14.0. The molecular formula is C30H29Cl2NO4S. The van der Waals surface area contributed by atoms with Crippen LogP contribution in [0.4, 0.5) is 0 Å². The molecule has 1 amide bonds. The maximum absolute atomic E-state index is 13.5. The predicted molar refractivity (Wildman–Crippen MR) is 151 cm³/mol. The number of fused-ring (bicyclic) bond motifs is 2. The third-order valence-corrected chi connectivity index (χ3v) is 8.88. The van der Waals surface area contributed by atoms with Crippen molar-refractivity contribution < 1.29 is 19.1 Å². The summed E-state index contributed by atoms with van der Waals surface area (Å²) in [6.45, 7) is 2.13. The highest BCUT2D eigenvalue weighted by Crippen LogP contribution is 2.38. The smallest absolute Gasteiger partial charge is 0.338 e. The Morgan fingerprint density at radius 1 is 0.921 bits per heavy atom. The third-order valence-electron chi connectivity index (χ3n) is 7.08. The molecule has 2 aliphatic heterocycles. The molecule has 0 N–H and O–H groups in total. The number of halogens is 2. The highest BCUT2D eigenvalue weighted by molar-refractivity contribution is 7.98. The van der Waals surface area contributed by atoms with Crippen molar-refractivity contribution in [3.63, 3.8) is 0 Å². The van der Waals surface area contributed by atoms with E-state index >= 15 is 0 Å². The molecule has 2 saturated heterocycles. The summed E-state index contributed by atoms with van der Waals surface area (Å²) in [4.78, 5) is 28.3. The van der Waals surface area contributed by atoms with Crippen molar-refractivity contribution in [2.24, 2.45) is 0 Å². The van der Waals surface area contributed by atoms with Gasteiger partial charge in [0.1, 0.15) is 11.9 Å². The van der Waals surface area contributed by atoms with Gasteiger partial charge in [-0.15, -0.1) is 11.8 Å². The molecule has 0 spiro atoms. The second kappa shape index (κ2) is 12.0. The van der Waals surface area contributed by atoms with Gasteiger partial charge in [-0.2, -0.15) is 0 Å². The standard InChI is InChI=1S/C30H29Cl2NO4S/c1-2-36-30(35)21-7-12-25(13-8-21)37-26-16-23-10-11-24(17-26)33(23)29(34)20-5-3-19(4-6-20)18-38-28-15-22(31)9-14-27(28)32/h3-9,12-15,23-24,26H,2,10-11,16-18H2,1H3. The first kappa shape index (κ1) is 26.9. The minimum atomic E-state index is -0.332. The molecule has 198 valence electrons. The first-order valence-corrected chi connectivity index (χ1v) is 14.6. The molecule has 0 aliphatic carbocycles. The molecule has 38 heavy (non-hydrogen) atoms. The Morgan fingerprint density at radius 3 is 2.24 bits per heavy atom. The van der Waals surface area contributed by atoms with Gasteiger partial charge in [-0.1, -0.05) is 35.3 Å². The highest BCUT2D eigenvalue weighted by Gasteiger charge is 2.44. The molecule has 2 unspecified atom stereocenters. The fourth-order valence-electron chi connectivity index (χ4n) is 5.27. The predicted octanol–water partition coefficient (Wildman–Crippen LogP) is 7.68. The Hall–Kier alpha value is -2.67. The highest BCUT2D eigenvalue weighted by atomic mass is 35.5. The van der Waals surface area contributed by atoms with Gasteiger partial charge >= 0.3 is 5.97 Å². The largest absolute Gasteiger partial charge is 0.490 e. The monoisotopic (exact) mass is 569 g/mol. The summed E-state index contributed by atoms with van der Waals surface area (Å²) in [6, 6.07) is 20.7. The number of carbonyl (C=O) groups is 2. The van der Waals surface area contributed by atoms with Crippen molar-refractivity contribution in [3.05, 3.63) is 93.5 Å². The lowest BCUT2D eigenvalue weighted by atomic mass is 9.98. The van der Waals surface area contributed by atoms with Crippen LogP contribution in [-0.4, -0.2) is 41.6 Å². The van der Waals surface area contributed by atoms with E-state index < -0.39 is 0 Å². The summed E-state index contributed by atoms with van der Waals surface area (Å²) in [5.41, 5.74) is 2.34. The van der Waals surface area contributed by atoms with E-state index in [1.54, 1.807) is 43.0 Å². The maximum Gasteiger partial charge on any atom is 0.338 e. The number of amides is 1. The summed E-state index contributed by atoms with van der Waals surface area (Å²) in [7, 11) is 0. The van der Waals surface area contributed by atoms with Crippen molar-refractivity contribution in [1.29, 1.82) is 0 Å². The van der Waals surface area contributed by atoms with E-state index in [4.69, 9.17) is 32.7 Å². The molecule has 3 aromatic rings. The molecule has 2 bridgehead atoms. The molecule has 2 atom stereocenters. The van der Waals surface area contributed by atoms with Gasteiger partial charge in [-0.3, -0.25) is 4.79 Å². The lowest BCUT2D eigenvalue weighted by molar-refractivity contribution is 0.0359. The van der Waals surface area contributed by atoms with E-state index in [9.17, 15) is 9.59 Å². The molecule has 2 heterocycles. The number of benzene rings is 3. The lowest BCUT2D eigenvalue weighted by Gasteiger charge is -2.39. The van der Waals surface area contributed by atoms with Crippen LogP contribution in [-0.2, 0) is 10.5 Å². The summed E-state index contributed by atoms with van der Waals surface area (Å²) in [5.74, 6) is 1.23. The molecule has 2 aliphatic rings. The van der Waals surface area contributed by atoms with E-state index in [0.717, 1.165) is 47.6 Å². The lowest BCUT2D eigenvalue weighted by Crippen LogP contribution is -2.49. The Balaban J connectivity index is 1.17. The SMILES string of the molecule is CCOC(=O)c1ccc(OC2CC3CCC(C2)N3C(=O)c2ccc(CSc3cc(Cl)ccc3Cl)cc2)cc1. The van der Waals surface area contributed by atoms with E-state index in [2.05, 4.69) is 4.90 Å². The van der Waals surface area contributed by atoms with Crippen LogP contribution >= 0.6 is 35.0 Å². The van der Waals surface area contributed by atoms with Crippen molar-refractivity contribution in [3.8, 4) is 5.75 Å². The first-order valence-electron chi connectivity index (χ1n) is 12.8. The fraction of sp³-hybridized carbons (Fsp3) is 0.333. The Kier molecular flexibility index (Phi) is 8.51. The van der Waals surface area contributed by atoms with E-state index in [1.165, 1.54) is 0 Å². The van der Waals surface area contributed by atoms with Gasteiger partial charge in [0.05, 0.1) is 17.2 Å². The van der Waals surface area contributed by atoms with Gasteiger partial charge < -0.3 is 14.4 Å². The Bertz CT molecular complexity index is 1280. The van der Waals surface area contributed by atoms with Crippen LogP contribution in [0.3, 0.4) is 0 Å². The average Bonchev–Trinajstić information content (AvgIpc) is 3.19. The van der Waals surface area contributed by atoms with Gasteiger partial charge in [0.2, 0.25) is 0 Å². The fourth-order valence-corrected chi connectivity index (χ4v) is 6.72. The zero-order chi connectivity index (χ0) is 26.6. The minimum absolute atomic E-state index is 0.0442. The average molecular weight is 571 g/mol. The number of ether oxygens (including phenoxy) is 2. The third kappa shape index (κ3) is 6.14. The minimum Gasteiger partial charge on any atom is -0.490 e. The number of carbonyl (C=O) groups excluding carboxylic acids is 2. The van der Waals surface area contributed by atoms with Crippen molar-refractivity contribution in [2.75, 3.05) is 6.61 Å². The first-order chi connectivity index (χ1) is 18.4. The second-order valence-electron chi connectivity index (χ2n) is 9.61. The number of nitrogens with zero attached hydrogens (tertiary/aromatic N) is 1. The number of piperidine rings is 1. The number of hydrogen-bond donors (Lipinski definition) is 0. The topological polar surface area (TPSA) is 55.8 Å². The summed E-state index contributed by atoms with van der Waals surface area (Å²) in [6.07, 6.45) is 3.64. The zero-order valence-electron chi connectivity index (χ0n) is 21.1. The molecule has 5 rings (SSSR count). The molecule has 0 saturated carbocycles. The summed E-state index contributed by atoms with van der Waals surface area (Å²) in [5, 5.41) is 1.34. The van der Waals surface area contributed by atoms with Crippen molar-refractivity contribution in [2.45, 2.75) is 61.4 Å². The summed E-state index contributed by atoms with van der Waals surface area (Å²) < 4.78 is 11.3. The van der Waals surface area contributed by atoms with Crippen LogP contribution < -0.4 is 4.74 Å². The number of rotatable bonds is 8. The molecule has 0 aromatic heterocycles. The van der Waals surface area contributed by atoms with Crippen LogP contribution in [0.1, 0.15) is 58.9 Å². The quantitative estimate of drug-likeness (QED) is 0.205. The number of esters is 1. The van der Waals surface area contributed by atoms with Crippen LogP contribution in [0, 0.1) is 0 Å². The van der Waals surface area contributed by atoms with E-state index in [1.807, 2.05) is 42.5 Å². The second-order valence-corrected chi connectivity index (χ2v) is 11.5. The van der Waals surface area contributed by atoms with Crippen LogP contribution in [0.5, 0.6) is 5.75 Å². The van der Waals surface area contributed by atoms with Crippen LogP contribution in [0.2, 0.25) is 10.0 Å². The van der Waals surface area contributed by atoms with Crippen LogP contribution in [0.25, 0.3) is 0 Å². The molecule has 8 heteroatoms. The molecular weight excluding hydrogens is 541 g/mol. The van der Waals surface area contributed by atoms with Gasteiger partial charge in [-0.25, -0.2) is 4.79 Å². The van der Waals surface area contributed by atoms with E-state index in [0.29, 0.717) is 27.8 Å². The Morgan fingerprint density at radius 2 is 1.58 bits per heavy atom. The molecule has 2 fully saturated rings. The van der Waals surface area contributed by atoms with Gasteiger partial charge in [0.25, 0.3) is 5.91 Å². The number of thioether (sulfide) groups is 1. The Labute approximate surface area is 237 Å². The van der Waals surface area contributed by atoms with E-state index in [-0.39, 0.29) is 30.1 Å². The van der Waals surface area contributed by atoms with Crippen molar-refractivity contribution >= 4 is 46.8 Å². The van der Waals surface area contributed by atoms with Gasteiger partial charge in [0, 0.05) is 46.2 Å². The normalized spacial score (nSPS) is 20.3.